The lowest BCUT2D eigenvalue weighted by atomic mass is 9.97. The van der Waals surface area contributed by atoms with Gasteiger partial charge in [0.2, 0.25) is 0 Å². The van der Waals surface area contributed by atoms with E-state index in [1.807, 2.05) is 36.9 Å². The van der Waals surface area contributed by atoms with Crippen LogP contribution >= 0.6 is 11.6 Å². The van der Waals surface area contributed by atoms with Crippen LogP contribution in [0.3, 0.4) is 0 Å². The standard InChI is InChI=1S/C22H20ClFN2O3/c1-13-3-5-16(14(2)11-13)19-20(25-7-9-29-10-8-25)22(28)26(21(19)27)15-4-6-18(24)17(23)12-15/h3-6,11-12H,7-10H2,1-2H3. The van der Waals surface area contributed by atoms with E-state index < -0.39 is 17.6 Å². The molecule has 2 aromatic carbocycles. The third-order valence-corrected chi connectivity index (χ3v) is 5.49. The van der Waals surface area contributed by atoms with Gasteiger partial charge in [-0.05, 0) is 43.2 Å². The number of ether oxygens (including phenoxy) is 1. The summed E-state index contributed by atoms with van der Waals surface area (Å²) in [6.45, 7) is 5.88. The average Bonchev–Trinajstić information content (AvgIpc) is 2.95. The van der Waals surface area contributed by atoms with Crippen LogP contribution in [0, 0.1) is 19.7 Å². The number of morpholine rings is 1. The van der Waals surface area contributed by atoms with Crippen molar-refractivity contribution in [2.45, 2.75) is 13.8 Å². The van der Waals surface area contributed by atoms with Gasteiger partial charge in [0.15, 0.2) is 0 Å². The maximum absolute atomic E-state index is 13.6. The summed E-state index contributed by atoms with van der Waals surface area (Å²) in [5.74, 6) is -1.48. The van der Waals surface area contributed by atoms with Crippen molar-refractivity contribution in [2.75, 3.05) is 31.2 Å². The molecule has 1 saturated heterocycles. The first-order valence-corrected chi connectivity index (χ1v) is 9.74. The van der Waals surface area contributed by atoms with E-state index in [0.29, 0.717) is 43.1 Å². The van der Waals surface area contributed by atoms with Crippen molar-refractivity contribution in [3.05, 3.63) is 69.6 Å². The van der Waals surface area contributed by atoms with E-state index in [-0.39, 0.29) is 10.7 Å². The lowest BCUT2D eigenvalue weighted by Crippen LogP contribution is -2.40. The number of aryl methyl sites for hydroxylation is 2. The summed E-state index contributed by atoms with van der Waals surface area (Å²) in [5, 5.41) is -0.143. The number of nitrogens with zero attached hydrogens (tertiary/aromatic N) is 2. The molecule has 0 atom stereocenters. The number of hydrogen-bond donors (Lipinski definition) is 0. The van der Waals surface area contributed by atoms with Gasteiger partial charge in [-0.1, -0.05) is 35.4 Å². The van der Waals surface area contributed by atoms with E-state index in [1.54, 1.807) is 0 Å². The summed E-state index contributed by atoms with van der Waals surface area (Å²) in [5.41, 5.74) is 3.65. The Kier molecular flexibility index (Phi) is 5.15. The molecule has 0 spiro atoms. The van der Waals surface area contributed by atoms with E-state index in [1.165, 1.54) is 12.1 Å². The second-order valence-corrected chi connectivity index (χ2v) is 7.59. The van der Waals surface area contributed by atoms with Gasteiger partial charge in [-0.3, -0.25) is 9.59 Å². The number of halogens is 2. The molecule has 150 valence electrons. The number of amides is 2. The molecule has 2 heterocycles. The summed E-state index contributed by atoms with van der Waals surface area (Å²) < 4.78 is 19.0. The fourth-order valence-electron chi connectivity index (χ4n) is 3.79. The third kappa shape index (κ3) is 3.43. The average molecular weight is 415 g/mol. The Morgan fingerprint density at radius 1 is 1.00 bits per heavy atom. The zero-order valence-electron chi connectivity index (χ0n) is 16.2. The Hall–Kier alpha value is -2.70. The minimum absolute atomic E-state index is 0.143. The minimum Gasteiger partial charge on any atom is -0.378 e. The van der Waals surface area contributed by atoms with Crippen LogP contribution in [0.2, 0.25) is 5.02 Å². The number of hydrogen-bond acceptors (Lipinski definition) is 4. The number of carbonyl (C=O) groups excluding carboxylic acids is 2. The molecule has 1 fully saturated rings. The highest BCUT2D eigenvalue weighted by molar-refractivity contribution is 6.45. The van der Waals surface area contributed by atoms with Gasteiger partial charge in [0, 0.05) is 13.1 Å². The molecule has 0 aliphatic carbocycles. The lowest BCUT2D eigenvalue weighted by molar-refractivity contribution is -0.121. The molecule has 0 aromatic heterocycles. The van der Waals surface area contributed by atoms with Crippen molar-refractivity contribution in [2.24, 2.45) is 0 Å². The van der Waals surface area contributed by atoms with Gasteiger partial charge in [-0.15, -0.1) is 0 Å². The normalized spacial score (nSPS) is 17.5. The van der Waals surface area contributed by atoms with E-state index >= 15 is 0 Å². The van der Waals surface area contributed by atoms with Crippen molar-refractivity contribution < 1.29 is 18.7 Å². The molecule has 2 aliphatic heterocycles. The van der Waals surface area contributed by atoms with Gasteiger partial charge >= 0.3 is 0 Å². The fourth-order valence-corrected chi connectivity index (χ4v) is 3.97. The maximum atomic E-state index is 13.6. The van der Waals surface area contributed by atoms with Crippen LogP contribution in [0.4, 0.5) is 10.1 Å². The first-order valence-electron chi connectivity index (χ1n) is 9.37. The Morgan fingerprint density at radius 2 is 1.72 bits per heavy atom. The SMILES string of the molecule is Cc1ccc(C2=C(N3CCOCC3)C(=O)N(c3ccc(F)c(Cl)c3)C2=O)c(C)c1. The first kappa shape index (κ1) is 19.6. The summed E-state index contributed by atoms with van der Waals surface area (Å²) in [6, 6.07) is 9.61. The van der Waals surface area contributed by atoms with E-state index in [0.717, 1.165) is 22.1 Å². The van der Waals surface area contributed by atoms with Crippen LogP contribution < -0.4 is 4.90 Å². The van der Waals surface area contributed by atoms with Crippen molar-refractivity contribution >= 4 is 34.7 Å². The van der Waals surface area contributed by atoms with Gasteiger partial charge < -0.3 is 9.64 Å². The van der Waals surface area contributed by atoms with Crippen molar-refractivity contribution in [1.82, 2.24) is 4.90 Å². The third-order valence-electron chi connectivity index (χ3n) is 5.20. The monoisotopic (exact) mass is 414 g/mol. The summed E-state index contributed by atoms with van der Waals surface area (Å²) >= 11 is 5.90. The van der Waals surface area contributed by atoms with Crippen LogP contribution in [-0.4, -0.2) is 43.0 Å². The Morgan fingerprint density at radius 3 is 2.38 bits per heavy atom. The number of anilines is 1. The summed E-state index contributed by atoms with van der Waals surface area (Å²) in [7, 11) is 0. The largest absolute Gasteiger partial charge is 0.378 e. The fraction of sp³-hybridized carbons (Fsp3) is 0.273. The second-order valence-electron chi connectivity index (χ2n) is 7.19. The van der Waals surface area contributed by atoms with Crippen molar-refractivity contribution in [3.8, 4) is 0 Å². The van der Waals surface area contributed by atoms with E-state index in [2.05, 4.69) is 0 Å². The summed E-state index contributed by atoms with van der Waals surface area (Å²) in [6.07, 6.45) is 0. The highest BCUT2D eigenvalue weighted by Crippen LogP contribution is 2.37. The van der Waals surface area contributed by atoms with Gasteiger partial charge in [0.05, 0.1) is 29.5 Å². The van der Waals surface area contributed by atoms with Gasteiger partial charge in [-0.2, -0.15) is 0 Å². The van der Waals surface area contributed by atoms with Crippen LogP contribution in [0.15, 0.2) is 42.1 Å². The van der Waals surface area contributed by atoms with Crippen LogP contribution in [0.1, 0.15) is 16.7 Å². The molecule has 0 bridgehead atoms. The highest BCUT2D eigenvalue weighted by atomic mass is 35.5. The number of imide groups is 1. The molecule has 2 aliphatic rings. The lowest BCUT2D eigenvalue weighted by Gasteiger charge is -2.29. The Balaban J connectivity index is 1.86. The minimum atomic E-state index is -0.606. The smallest absolute Gasteiger partial charge is 0.282 e. The van der Waals surface area contributed by atoms with Crippen molar-refractivity contribution in [1.29, 1.82) is 0 Å². The maximum Gasteiger partial charge on any atom is 0.282 e. The molecule has 29 heavy (non-hydrogen) atoms. The van der Waals surface area contributed by atoms with Crippen LogP contribution in [0.25, 0.3) is 5.57 Å². The molecule has 0 radical (unpaired) electrons. The van der Waals surface area contributed by atoms with Gasteiger partial charge in [0.1, 0.15) is 11.5 Å². The molecule has 4 rings (SSSR count). The predicted octanol–water partition coefficient (Wildman–Crippen LogP) is 3.71. The molecule has 2 aromatic rings. The molecule has 7 heteroatoms. The molecular weight excluding hydrogens is 395 g/mol. The van der Waals surface area contributed by atoms with E-state index in [4.69, 9.17) is 16.3 Å². The van der Waals surface area contributed by atoms with Crippen LogP contribution in [0.5, 0.6) is 0 Å². The quantitative estimate of drug-likeness (QED) is 0.718. The first-order chi connectivity index (χ1) is 13.9. The zero-order chi connectivity index (χ0) is 20.7. The number of rotatable bonds is 3. The molecule has 0 saturated carbocycles. The predicted molar refractivity (Wildman–Crippen MR) is 109 cm³/mol. The van der Waals surface area contributed by atoms with E-state index in [9.17, 15) is 14.0 Å². The van der Waals surface area contributed by atoms with Crippen molar-refractivity contribution in [3.63, 3.8) is 0 Å². The Bertz CT molecular complexity index is 1040. The topological polar surface area (TPSA) is 49.9 Å². The molecule has 2 amide bonds. The number of carbonyl (C=O) groups is 2. The molecule has 5 nitrogen and oxygen atoms in total. The molecule has 0 N–H and O–H groups in total. The zero-order valence-corrected chi connectivity index (χ0v) is 16.9. The van der Waals surface area contributed by atoms with Gasteiger partial charge in [0.25, 0.3) is 11.8 Å². The van der Waals surface area contributed by atoms with Gasteiger partial charge in [-0.25, -0.2) is 9.29 Å². The second kappa shape index (κ2) is 7.61. The number of benzene rings is 2. The Labute approximate surface area is 173 Å². The molecule has 0 unspecified atom stereocenters. The molecular formula is C22H20ClFN2O3. The summed E-state index contributed by atoms with van der Waals surface area (Å²) in [4.78, 5) is 29.8. The van der Waals surface area contributed by atoms with Crippen LogP contribution in [-0.2, 0) is 14.3 Å². The highest BCUT2D eigenvalue weighted by Gasteiger charge is 2.43.